The molecule has 0 amide bonds. The molecule has 0 N–H and O–H groups in total. The van der Waals surface area contributed by atoms with E-state index in [1.807, 2.05) is 11.8 Å². The molecule has 2 aliphatic rings. The van der Waals surface area contributed by atoms with Crippen LogP contribution in [0.3, 0.4) is 0 Å². The smallest absolute Gasteiger partial charge is 0.200 e. The summed E-state index contributed by atoms with van der Waals surface area (Å²) in [6, 6.07) is 13.7. The summed E-state index contributed by atoms with van der Waals surface area (Å²) in [5.74, 6) is 0.881. The number of rotatable bonds is 2. The molecular weight excluding hydrogens is 322 g/mol. The molecule has 1 fully saturated rings. The molecule has 1 saturated carbocycles. The number of aryl methyl sites for hydroxylation is 2. The molecule has 1 aromatic heterocycles. The Morgan fingerprint density at radius 2 is 1.92 bits per heavy atom. The van der Waals surface area contributed by atoms with E-state index < -0.39 is 0 Å². The van der Waals surface area contributed by atoms with E-state index in [1.165, 1.54) is 69.5 Å². The van der Waals surface area contributed by atoms with Crippen molar-refractivity contribution in [2.75, 3.05) is 0 Å². The van der Waals surface area contributed by atoms with Gasteiger partial charge < -0.3 is 0 Å². The van der Waals surface area contributed by atoms with Crippen LogP contribution in [-0.2, 0) is 13.5 Å². The van der Waals surface area contributed by atoms with Crippen molar-refractivity contribution in [3.63, 3.8) is 0 Å². The highest BCUT2D eigenvalue weighted by Crippen LogP contribution is 2.49. The van der Waals surface area contributed by atoms with E-state index in [1.54, 1.807) is 5.56 Å². The van der Waals surface area contributed by atoms with E-state index in [2.05, 4.69) is 61.1 Å². The first-order valence-electron chi connectivity index (χ1n) is 9.44. The van der Waals surface area contributed by atoms with Crippen molar-refractivity contribution < 1.29 is 4.57 Å². The Kier molecular flexibility index (Phi) is 3.63. The van der Waals surface area contributed by atoms with Gasteiger partial charge >= 0.3 is 0 Å². The summed E-state index contributed by atoms with van der Waals surface area (Å²) in [4.78, 5) is 2.91. The number of pyridine rings is 1. The van der Waals surface area contributed by atoms with Gasteiger partial charge in [0.25, 0.3) is 0 Å². The van der Waals surface area contributed by atoms with Gasteiger partial charge in [0.15, 0.2) is 6.20 Å². The van der Waals surface area contributed by atoms with Crippen molar-refractivity contribution in [2.24, 2.45) is 13.0 Å². The molecule has 1 aliphatic heterocycles. The van der Waals surface area contributed by atoms with Crippen LogP contribution >= 0.6 is 11.8 Å². The van der Waals surface area contributed by atoms with Crippen molar-refractivity contribution in [2.45, 2.75) is 48.8 Å². The molecule has 0 radical (unpaired) electrons. The Hall–Kier alpha value is -1.80. The zero-order valence-electron chi connectivity index (χ0n) is 15.0. The van der Waals surface area contributed by atoms with Crippen LogP contribution < -0.4 is 4.57 Å². The first-order chi connectivity index (χ1) is 12.2. The van der Waals surface area contributed by atoms with Gasteiger partial charge in [-0.1, -0.05) is 61.7 Å². The van der Waals surface area contributed by atoms with Crippen LogP contribution in [0.25, 0.3) is 22.0 Å². The lowest BCUT2D eigenvalue weighted by Crippen LogP contribution is -2.32. The van der Waals surface area contributed by atoms with Crippen LogP contribution in [0.15, 0.2) is 52.4 Å². The molecule has 0 bridgehead atoms. The number of fused-ring (bicyclic) bond motifs is 2. The number of nitrogens with zero attached hydrogens (tertiary/aromatic N) is 1. The molecule has 0 unspecified atom stereocenters. The van der Waals surface area contributed by atoms with Gasteiger partial charge in [0.1, 0.15) is 7.05 Å². The van der Waals surface area contributed by atoms with E-state index >= 15 is 0 Å². The topological polar surface area (TPSA) is 3.88 Å². The summed E-state index contributed by atoms with van der Waals surface area (Å²) in [7, 11) is 2.20. The van der Waals surface area contributed by atoms with Gasteiger partial charge in [-0.05, 0) is 41.8 Å². The predicted molar refractivity (Wildman–Crippen MR) is 105 cm³/mol. The molecule has 2 heteroatoms. The Bertz CT molecular complexity index is 983. The number of hydrogen-bond donors (Lipinski definition) is 0. The first kappa shape index (κ1) is 15.5. The fourth-order valence-corrected chi connectivity index (χ4v) is 6.02. The predicted octanol–water partition coefficient (Wildman–Crippen LogP) is 5.84. The average molecular weight is 347 g/mol. The van der Waals surface area contributed by atoms with Crippen LogP contribution in [0.5, 0.6) is 0 Å². The van der Waals surface area contributed by atoms with Gasteiger partial charge in [-0.3, -0.25) is 0 Å². The lowest BCUT2D eigenvalue weighted by Gasteiger charge is -2.22. The summed E-state index contributed by atoms with van der Waals surface area (Å²) in [6.45, 7) is 2.26. The molecule has 25 heavy (non-hydrogen) atoms. The van der Waals surface area contributed by atoms with Crippen molar-refractivity contribution in [3.8, 4) is 11.3 Å². The van der Waals surface area contributed by atoms with E-state index in [4.69, 9.17) is 0 Å². The third kappa shape index (κ3) is 2.42. The summed E-state index contributed by atoms with van der Waals surface area (Å²) in [5.41, 5.74) is 5.80. The monoisotopic (exact) mass is 346 g/mol. The number of aromatic nitrogens is 1. The van der Waals surface area contributed by atoms with Crippen LogP contribution in [0.4, 0.5) is 0 Å². The first-order valence-corrected chi connectivity index (χ1v) is 10.3. The summed E-state index contributed by atoms with van der Waals surface area (Å²) >= 11 is 1.99. The molecule has 2 heterocycles. The highest BCUT2D eigenvalue weighted by atomic mass is 32.2. The Morgan fingerprint density at radius 3 is 2.76 bits per heavy atom. The third-order valence-corrected chi connectivity index (χ3v) is 7.23. The summed E-state index contributed by atoms with van der Waals surface area (Å²) in [5, 5.41) is 2.80. The molecule has 3 aromatic rings. The van der Waals surface area contributed by atoms with Gasteiger partial charge in [-0.15, -0.1) is 0 Å². The van der Waals surface area contributed by atoms with Gasteiger partial charge in [-0.2, -0.15) is 0 Å². The molecule has 0 spiro atoms. The Morgan fingerprint density at radius 1 is 1.08 bits per heavy atom. The van der Waals surface area contributed by atoms with E-state index in [0.717, 1.165) is 5.92 Å². The zero-order chi connectivity index (χ0) is 17.0. The average Bonchev–Trinajstić information content (AvgIpc) is 3.13. The normalized spacial score (nSPS) is 16.4. The maximum absolute atomic E-state index is 2.37. The molecule has 0 saturated heterocycles. The van der Waals surface area contributed by atoms with Gasteiger partial charge in [0.2, 0.25) is 5.69 Å². The van der Waals surface area contributed by atoms with Gasteiger partial charge in [0, 0.05) is 16.3 Å². The van der Waals surface area contributed by atoms with Crippen molar-refractivity contribution in [3.05, 3.63) is 53.7 Å². The van der Waals surface area contributed by atoms with E-state index in [-0.39, 0.29) is 0 Å². The second-order valence-corrected chi connectivity index (χ2v) is 8.75. The molecule has 2 aromatic carbocycles. The van der Waals surface area contributed by atoms with Gasteiger partial charge in [-0.25, -0.2) is 4.57 Å². The molecule has 0 atom stereocenters. The third-order valence-electron chi connectivity index (χ3n) is 6.01. The molecular formula is C23H24NS+. The van der Waals surface area contributed by atoms with E-state index in [0.29, 0.717) is 0 Å². The minimum absolute atomic E-state index is 0.881. The molecule has 126 valence electrons. The number of hydrogen-bond acceptors (Lipinski definition) is 1. The van der Waals surface area contributed by atoms with Crippen molar-refractivity contribution in [1.29, 1.82) is 0 Å². The van der Waals surface area contributed by atoms with E-state index in [9.17, 15) is 0 Å². The van der Waals surface area contributed by atoms with Crippen LogP contribution in [0.2, 0.25) is 0 Å². The quantitative estimate of drug-likeness (QED) is 0.413. The standard InChI is InChI=1S/C23H24NS/c1-15-10-11-17-8-5-9-19-21(17)20(15)22-23(25-19)18(12-13-24(22)2)14-16-6-3-4-7-16/h5,8-13,16H,3-4,6-7,14H2,1-2H3/q+1. The molecule has 1 nitrogen and oxygen atoms in total. The Balaban J connectivity index is 1.76. The highest BCUT2D eigenvalue weighted by Gasteiger charge is 2.30. The summed E-state index contributed by atoms with van der Waals surface area (Å²) in [6.07, 6.45) is 9.17. The second-order valence-electron chi connectivity index (χ2n) is 7.70. The van der Waals surface area contributed by atoms with Crippen molar-refractivity contribution in [1.82, 2.24) is 0 Å². The van der Waals surface area contributed by atoms with Gasteiger partial charge in [0.05, 0.1) is 10.5 Å². The Labute approximate surface area is 154 Å². The lowest BCUT2D eigenvalue weighted by molar-refractivity contribution is -0.662. The SMILES string of the molecule is Cc1ccc2cccc3c2c1-c1c(c(CC2CCCC2)cc[n+]1C)S3. The zero-order valence-corrected chi connectivity index (χ0v) is 15.8. The minimum atomic E-state index is 0.881. The van der Waals surface area contributed by atoms with Crippen LogP contribution in [-0.4, -0.2) is 0 Å². The highest BCUT2D eigenvalue weighted by molar-refractivity contribution is 7.99. The fourth-order valence-electron chi connectivity index (χ4n) is 4.70. The number of benzene rings is 2. The summed E-state index contributed by atoms with van der Waals surface area (Å²) < 4.78 is 2.33. The maximum atomic E-state index is 2.37. The minimum Gasteiger partial charge on any atom is -0.200 e. The van der Waals surface area contributed by atoms with Crippen LogP contribution in [0.1, 0.15) is 36.8 Å². The largest absolute Gasteiger partial charge is 0.227 e. The maximum Gasteiger partial charge on any atom is 0.227 e. The second kappa shape index (κ2) is 5.88. The lowest BCUT2D eigenvalue weighted by atomic mass is 9.93. The molecule has 5 rings (SSSR count). The molecule has 1 aliphatic carbocycles. The van der Waals surface area contributed by atoms with Crippen LogP contribution in [0, 0.1) is 12.8 Å². The van der Waals surface area contributed by atoms with Crippen molar-refractivity contribution >= 4 is 22.5 Å². The fraction of sp³-hybridized carbons (Fsp3) is 0.348.